The summed E-state index contributed by atoms with van der Waals surface area (Å²) in [4.78, 5) is 78.2. The number of Topliss-reactive ketones (excluding diaryl/α,β-unsaturated/α-hetero) is 1. The van der Waals surface area contributed by atoms with Gasteiger partial charge < -0.3 is 15.3 Å². The molecule has 2 amide bonds. The number of hydrogen-bond acceptors (Lipinski definition) is 10. The fourth-order valence-corrected chi connectivity index (χ4v) is 4.26. The van der Waals surface area contributed by atoms with Crippen molar-refractivity contribution in [3.8, 4) is 0 Å². The summed E-state index contributed by atoms with van der Waals surface area (Å²) >= 11 is 0. The number of aliphatic carboxylic acids is 3. The van der Waals surface area contributed by atoms with Gasteiger partial charge in [-0.3, -0.25) is 53.3 Å². The summed E-state index contributed by atoms with van der Waals surface area (Å²) in [5.41, 5.74) is 0. The molecule has 1 fully saturated rings. The van der Waals surface area contributed by atoms with E-state index < -0.39 is 17.9 Å². The number of ketones is 1. The Bertz CT molecular complexity index is 807. The highest BCUT2D eigenvalue weighted by molar-refractivity contribution is 5.86. The minimum absolute atomic E-state index is 0.0635. The van der Waals surface area contributed by atoms with Crippen molar-refractivity contribution in [2.75, 3.05) is 85.1 Å². The summed E-state index contributed by atoms with van der Waals surface area (Å²) in [6.45, 7) is 5.78. The lowest BCUT2D eigenvalue weighted by Crippen LogP contribution is -2.49. The molecule has 0 aromatic heterocycles. The highest BCUT2D eigenvalue weighted by atomic mass is 16.4. The van der Waals surface area contributed by atoms with Crippen LogP contribution in [0.2, 0.25) is 0 Å². The van der Waals surface area contributed by atoms with Gasteiger partial charge in [-0.2, -0.15) is 0 Å². The number of carbonyl (C=O) groups is 6. The first kappa shape index (κ1) is 34.1. The highest BCUT2D eigenvalue weighted by Gasteiger charge is 2.21. The lowest BCUT2D eigenvalue weighted by molar-refractivity contribution is -0.140. The minimum atomic E-state index is -1.03. The maximum atomic E-state index is 12.8. The van der Waals surface area contributed by atoms with Gasteiger partial charge in [0.1, 0.15) is 5.78 Å². The molecule has 39 heavy (non-hydrogen) atoms. The molecule has 14 heteroatoms. The summed E-state index contributed by atoms with van der Waals surface area (Å²) in [5.74, 6) is -3.34. The zero-order valence-corrected chi connectivity index (χ0v) is 23.0. The Morgan fingerprint density at radius 1 is 0.692 bits per heavy atom. The van der Waals surface area contributed by atoms with Crippen LogP contribution < -0.4 is 0 Å². The van der Waals surface area contributed by atoms with Crippen molar-refractivity contribution in [3.63, 3.8) is 0 Å². The van der Waals surface area contributed by atoms with Gasteiger partial charge in [0.05, 0.1) is 26.2 Å². The first-order chi connectivity index (χ1) is 18.4. The van der Waals surface area contributed by atoms with Crippen LogP contribution in [0.4, 0.5) is 0 Å². The fourth-order valence-electron chi connectivity index (χ4n) is 4.26. The number of hydrogen-bond donors (Lipinski definition) is 3. The van der Waals surface area contributed by atoms with Crippen molar-refractivity contribution < 1.29 is 44.1 Å². The van der Waals surface area contributed by atoms with Gasteiger partial charge in [-0.25, -0.2) is 0 Å². The fraction of sp³-hybridized carbons (Fsp3) is 0.760. The second-order valence-electron chi connectivity index (χ2n) is 10.2. The maximum absolute atomic E-state index is 12.8. The monoisotopic (exact) mass is 557 g/mol. The zero-order valence-electron chi connectivity index (χ0n) is 23.0. The van der Waals surface area contributed by atoms with Crippen molar-refractivity contribution in [1.29, 1.82) is 0 Å². The Hall–Kier alpha value is -2.94. The van der Waals surface area contributed by atoms with Gasteiger partial charge in [-0.15, -0.1) is 0 Å². The lowest BCUT2D eigenvalue weighted by Gasteiger charge is -2.32. The normalized spacial score (nSPS) is 17.2. The number of carboxylic acid groups (broad SMARTS) is 3. The van der Waals surface area contributed by atoms with Gasteiger partial charge in [0.2, 0.25) is 12.3 Å². The topological polar surface area (TPSA) is 179 Å². The smallest absolute Gasteiger partial charge is 0.317 e. The van der Waals surface area contributed by atoms with Crippen LogP contribution >= 0.6 is 0 Å². The van der Waals surface area contributed by atoms with Crippen molar-refractivity contribution in [2.45, 2.75) is 33.1 Å². The van der Waals surface area contributed by atoms with Gasteiger partial charge in [0.25, 0.3) is 0 Å². The van der Waals surface area contributed by atoms with E-state index >= 15 is 0 Å². The predicted octanol–water partition coefficient (Wildman–Crippen LogP) is -1.16. The quantitative estimate of drug-likeness (QED) is 0.206. The van der Waals surface area contributed by atoms with Crippen LogP contribution in [0.1, 0.15) is 33.1 Å². The number of carbonyl (C=O) groups excluding carboxylic acids is 3. The lowest BCUT2D eigenvalue weighted by atomic mass is 10.1. The first-order valence-electron chi connectivity index (χ1n) is 13.2. The van der Waals surface area contributed by atoms with E-state index in [1.54, 1.807) is 14.7 Å². The average Bonchev–Trinajstić information content (AvgIpc) is 2.82. The van der Waals surface area contributed by atoms with Crippen molar-refractivity contribution in [2.24, 2.45) is 5.92 Å². The number of imide groups is 1. The van der Waals surface area contributed by atoms with E-state index in [1.807, 2.05) is 18.7 Å². The van der Waals surface area contributed by atoms with Crippen LogP contribution in [0.3, 0.4) is 0 Å². The second-order valence-corrected chi connectivity index (χ2v) is 10.2. The number of amides is 2. The average molecular weight is 558 g/mol. The first-order valence-corrected chi connectivity index (χ1v) is 13.2. The standard InChI is InChI=1S/C25H43N5O9/c1-20(2)14-22(33)30(19-31)5-3-4-21(32)15-26-6-8-27(16-23(34)35)10-12-29(18-25(38)39)13-11-28(9-7-26)17-24(36)37/h19-20H,3-18H2,1-2H3,(H,34,35)(H,36,37)(H,38,39). The molecule has 1 aliphatic rings. The van der Waals surface area contributed by atoms with E-state index in [4.69, 9.17) is 0 Å². The van der Waals surface area contributed by atoms with Crippen LogP contribution in [0.25, 0.3) is 0 Å². The number of nitrogens with zero attached hydrogens (tertiary/aromatic N) is 5. The van der Waals surface area contributed by atoms with E-state index in [2.05, 4.69) is 0 Å². The van der Waals surface area contributed by atoms with Gasteiger partial charge in [0.15, 0.2) is 0 Å². The molecule has 1 aliphatic heterocycles. The van der Waals surface area contributed by atoms with Crippen molar-refractivity contribution in [1.82, 2.24) is 24.5 Å². The molecule has 1 saturated heterocycles. The molecule has 3 N–H and O–H groups in total. The summed E-state index contributed by atoms with van der Waals surface area (Å²) < 4.78 is 0. The van der Waals surface area contributed by atoms with Crippen LogP contribution in [0.15, 0.2) is 0 Å². The van der Waals surface area contributed by atoms with Crippen LogP contribution in [0, 0.1) is 5.92 Å². The number of rotatable bonds is 15. The molecule has 14 nitrogen and oxygen atoms in total. The molecule has 222 valence electrons. The molecule has 0 aromatic carbocycles. The maximum Gasteiger partial charge on any atom is 0.317 e. The molecule has 0 bridgehead atoms. The second kappa shape index (κ2) is 18.4. The van der Waals surface area contributed by atoms with Gasteiger partial charge >= 0.3 is 17.9 Å². The molecule has 0 aromatic rings. The number of carboxylic acids is 3. The Morgan fingerprint density at radius 2 is 1.05 bits per heavy atom. The van der Waals surface area contributed by atoms with E-state index in [1.165, 1.54) is 0 Å². The van der Waals surface area contributed by atoms with Crippen LogP contribution in [-0.2, 0) is 28.8 Å². The van der Waals surface area contributed by atoms with E-state index in [0.29, 0.717) is 65.2 Å². The molecule has 0 aliphatic carbocycles. The van der Waals surface area contributed by atoms with Gasteiger partial charge in [-0.1, -0.05) is 13.8 Å². The Kier molecular flexibility index (Phi) is 16.1. The molecular formula is C25H43N5O9. The minimum Gasteiger partial charge on any atom is -0.480 e. The Morgan fingerprint density at radius 3 is 1.36 bits per heavy atom. The summed E-state index contributed by atoms with van der Waals surface area (Å²) in [5, 5.41) is 27.9. The van der Waals surface area contributed by atoms with Crippen LogP contribution in [-0.4, -0.2) is 161 Å². The molecule has 0 unspecified atom stereocenters. The molecule has 1 rings (SSSR count). The third-order valence-corrected chi connectivity index (χ3v) is 6.29. The molecule has 0 atom stereocenters. The Balaban J connectivity index is 2.85. The third kappa shape index (κ3) is 15.9. The summed E-state index contributed by atoms with van der Waals surface area (Å²) in [6, 6.07) is 0. The van der Waals surface area contributed by atoms with Crippen molar-refractivity contribution >= 4 is 36.0 Å². The van der Waals surface area contributed by atoms with E-state index in [-0.39, 0.29) is 63.2 Å². The van der Waals surface area contributed by atoms with Gasteiger partial charge in [-0.05, 0) is 12.3 Å². The van der Waals surface area contributed by atoms with E-state index in [0.717, 1.165) is 4.90 Å². The highest BCUT2D eigenvalue weighted by Crippen LogP contribution is 2.06. The predicted molar refractivity (Wildman–Crippen MR) is 140 cm³/mol. The Labute approximate surface area is 229 Å². The van der Waals surface area contributed by atoms with Gasteiger partial charge in [0, 0.05) is 71.7 Å². The molecule has 0 spiro atoms. The van der Waals surface area contributed by atoms with Crippen molar-refractivity contribution in [3.05, 3.63) is 0 Å². The summed E-state index contributed by atoms with van der Waals surface area (Å²) in [6.07, 6.45) is 1.20. The molecule has 1 heterocycles. The third-order valence-electron chi connectivity index (χ3n) is 6.29. The molecular weight excluding hydrogens is 514 g/mol. The molecule has 0 radical (unpaired) electrons. The van der Waals surface area contributed by atoms with E-state index in [9.17, 15) is 44.1 Å². The zero-order chi connectivity index (χ0) is 29.4. The largest absolute Gasteiger partial charge is 0.480 e. The molecule has 0 saturated carbocycles. The van der Waals surface area contributed by atoms with Crippen LogP contribution in [0.5, 0.6) is 0 Å². The summed E-state index contributed by atoms with van der Waals surface area (Å²) in [7, 11) is 0. The SMILES string of the molecule is CC(C)CC(=O)N(C=O)CCCC(=O)CN1CCN(CC(=O)O)CCN(CC(=O)O)CCN(CC(=O)O)CC1.